The summed E-state index contributed by atoms with van der Waals surface area (Å²) in [6.45, 7) is 11.5. The van der Waals surface area contributed by atoms with Gasteiger partial charge in [-0.05, 0) is 59.4 Å². The van der Waals surface area contributed by atoms with Gasteiger partial charge in [0.05, 0.1) is 16.2 Å². The number of benzene rings is 1. The number of rotatable bonds is 5. The third kappa shape index (κ3) is 6.08. The van der Waals surface area contributed by atoms with Gasteiger partial charge in [-0.1, -0.05) is 0 Å². The Morgan fingerprint density at radius 2 is 2.14 bits per heavy atom. The van der Waals surface area contributed by atoms with Crippen molar-refractivity contribution in [2.24, 2.45) is 5.92 Å². The molecule has 0 N–H and O–H groups in total. The number of amides is 1. The summed E-state index contributed by atoms with van der Waals surface area (Å²) in [7, 11) is 0. The SMILES string of the molecule is CC(C)N(C[C@H]1CCCN(c2ccc([N+](=O)[O-])cc2C#N)C1)C(=O)OC(C)(C)C. The smallest absolute Gasteiger partial charge is 0.410 e. The van der Waals surface area contributed by atoms with Crippen LogP contribution in [0.4, 0.5) is 16.2 Å². The summed E-state index contributed by atoms with van der Waals surface area (Å²) in [4.78, 5) is 26.9. The molecule has 1 saturated heterocycles. The summed E-state index contributed by atoms with van der Waals surface area (Å²) < 4.78 is 5.55. The summed E-state index contributed by atoms with van der Waals surface area (Å²) in [6, 6.07) is 6.48. The van der Waals surface area contributed by atoms with Gasteiger partial charge in [-0.3, -0.25) is 10.1 Å². The Labute approximate surface area is 172 Å². The predicted octanol–water partition coefficient (Wildman–Crippen LogP) is 4.33. The first-order chi connectivity index (χ1) is 13.5. The van der Waals surface area contributed by atoms with Crippen molar-refractivity contribution >= 4 is 17.5 Å². The predicted molar refractivity (Wildman–Crippen MR) is 111 cm³/mol. The van der Waals surface area contributed by atoms with Crippen molar-refractivity contribution in [3.63, 3.8) is 0 Å². The van der Waals surface area contributed by atoms with Crippen molar-refractivity contribution in [1.29, 1.82) is 5.26 Å². The second-order valence-electron chi connectivity index (χ2n) is 8.75. The Kier molecular flexibility index (Phi) is 7.07. The number of anilines is 1. The largest absolute Gasteiger partial charge is 0.444 e. The standard InChI is InChI=1S/C21H30N4O4/c1-15(2)24(20(26)29-21(3,4)5)14-16-7-6-10-23(13-16)19-9-8-18(25(27)28)11-17(19)12-22/h8-9,11,15-16H,6-7,10,13-14H2,1-5H3/t16-/m0/s1. The molecule has 0 saturated carbocycles. The van der Waals surface area contributed by atoms with E-state index in [0.29, 0.717) is 24.3 Å². The summed E-state index contributed by atoms with van der Waals surface area (Å²) in [5, 5.41) is 20.4. The molecule has 0 radical (unpaired) electrons. The van der Waals surface area contributed by atoms with Crippen LogP contribution in [-0.4, -0.2) is 47.2 Å². The first-order valence-electron chi connectivity index (χ1n) is 9.95. The molecule has 2 rings (SSSR count). The fraction of sp³-hybridized carbons (Fsp3) is 0.619. The van der Waals surface area contributed by atoms with E-state index in [1.807, 2.05) is 34.6 Å². The Balaban J connectivity index is 2.15. The van der Waals surface area contributed by atoms with Gasteiger partial charge in [0.2, 0.25) is 0 Å². The van der Waals surface area contributed by atoms with Crippen molar-refractivity contribution < 1.29 is 14.5 Å². The van der Waals surface area contributed by atoms with Crippen LogP contribution in [0.25, 0.3) is 0 Å². The number of nitrogens with zero attached hydrogens (tertiary/aromatic N) is 4. The van der Waals surface area contributed by atoms with Crippen molar-refractivity contribution in [3.05, 3.63) is 33.9 Å². The van der Waals surface area contributed by atoms with Crippen molar-refractivity contribution in [2.75, 3.05) is 24.5 Å². The van der Waals surface area contributed by atoms with E-state index >= 15 is 0 Å². The number of nitro benzene ring substituents is 1. The highest BCUT2D eigenvalue weighted by atomic mass is 16.6. The molecule has 1 fully saturated rings. The molecular weight excluding hydrogens is 372 g/mol. The lowest BCUT2D eigenvalue weighted by molar-refractivity contribution is -0.384. The highest BCUT2D eigenvalue weighted by molar-refractivity contribution is 5.68. The number of hydrogen-bond donors (Lipinski definition) is 0. The molecule has 0 bridgehead atoms. The molecule has 1 heterocycles. The first kappa shape index (κ1) is 22.5. The highest BCUT2D eigenvalue weighted by Gasteiger charge is 2.29. The molecule has 1 aliphatic heterocycles. The number of nitro groups is 1. The summed E-state index contributed by atoms with van der Waals surface area (Å²) in [5.41, 5.74) is 0.363. The minimum absolute atomic E-state index is 0.00858. The van der Waals surface area contributed by atoms with E-state index in [0.717, 1.165) is 19.4 Å². The lowest BCUT2D eigenvalue weighted by Gasteiger charge is -2.38. The van der Waals surface area contributed by atoms with Crippen LogP contribution in [0.2, 0.25) is 0 Å². The van der Waals surface area contributed by atoms with Gasteiger partial charge >= 0.3 is 6.09 Å². The maximum atomic E-state index is 12.6. The average Bonchev–Trinajstić information content (AvgIpc) is 2.64. The molecule has 1 aromatic carbocycles. The third-order valence-electron chi connectivity index (χ3n) is 4.88. The van der Waals surface area contributed by atoms with E-state index in [1.54, 1.807) is 11.0 Å². The lowest BCUT2D eigenvalue weighted by atomic mass is 9.96. The summed E-state index contributed by atoms with van der Waals surface area (Å²) >= 11 is 0. The van der Waals surface area contributed by atoms with Crippen molar-refractivity contribution in [2.45, 2.75) is 59.1 Å². The number of carbonyl (C=O) groups excluding carboxylic acids is 1. The lowest BCUT2D eigenvalue weighted by Crippen LogP contribution is -2.47. The van der Waals surface area contributed by atoms with Gasteiger partial charge in [-0.2, -0.15) is 5.26 Å². The molecule has 1 atom stereocenters. The van der Waals surface area contributed by atoms with Crippen LogP contribution < -0.4 is 4.90 Å². The zero-order valence-corrected chi connectivity index (χ0v) is 17.8. The van der Waals surface area contributed by atoms with E-state index in [4.69, 9.17) is 4.74 Å². The number of hydrogen-bond acceptors (Lipinski definition) is 6. The van der Waals surface area contributed by atoms with E-state index < -0.39 is 10.5 Å². The second-order valence-corrected chi connectivity index (χ2v) is 8.75. The molecular formula is C21H30N4O4. The zero-order chi connectivity index (χ0) is 21.8. The van der Waals surface area contributed by atoms with Gasteiger partial charge in [-0.25, -0.2) is 4.79 Å². The van der Waals surface area contributed by atoms with E-state index in [-0.39, 0.29) is 23.7 Å². The number of carbonyl (C=O) groups is 1. The average molecular weight is 402 g/mol. The van der Waals surface area contributed by atoms with E-state index in [1.165, 1.54) is 12.1 Å². The van der Waals surface area contributed by atoms with Crippen LogP contribution in [0.3, 0.4) is 0 Å². The van der Waals surface area contributed by atoms with Crippen LogP contribution in [-0.2, 0) is 4.74 Å². The van der Waals surface area contributed by atoms with Crippen LogP contribution >= 0.6 is 0 Å². The van der Waals surface area contributed by atoms with Crippen molar-refractivity contribution in [3.8, 4) is 6.07 Å². The zero-order valence-electron chi connectivity index (χ0n) is 17.8. The summed E-state index contributed by atoms with van der Waals surface area (Å²) in [6.07, 6.45) is 1.57. The van der Waals surface area contributed by atoms with Crippen LogP contribution in [0.15, 0.2) is 18.2 Å². The number of piperidine rings is 1. The Bertz CT molecular complexity index is 795. The Morgan fingerprint density at radius 3 is 2.69 bits per heavy atom. The first-order valence-corrected chi connectivity index (χ1v) is 9.95. The van der Waals surface area contributed by atoms with Gasteiger partial charge in [0, 0.05) is 37.8 Å². The molecule has 8 nitrogen and oxygen atoms in total. The van der Waals surface area contributed by atoms with Gasteiger partial charge < -0.3 is 14.5 Å². The Hall–Kier alpha value is -2.82. The molecule has 0 spiro atoms. The molecule has 1 aliphatic rings. The molecule has 158 valence electrons. The fourth-order valence-corrected chi connectivity index (χ4v) is 3.53. The minimum atomic E-state index is -0.552. The number of non-ortho nitro benzene ring substituents is 1. The number of ether oxygens (including phenoxy) is 1. The van der Waals surface area contributed by atoms with Crippen LogP contribution in [0.1, 0.15) is 53.0 Å². The van der Waals surface area contributed by atoms with E-state index in [2.05, 4.69) is 11.0 Å². The molecule has 8 heteroatoms. The molecule has 0 aromatic heterocycles. The molecule has 0 unspecified atom stereocenters. The van der Waals surface area contributed by atoms with Gasteiger partial charge in [0.15, 0.2) is 0 Å². The minimum Gasteiger partial charge on any atom is -0.444 e. The maximum absolute atomic E-state index is 12.6. The van der Waals surface area contributed by atoms with Gasteiger partial charge in [0.1, 0.15) is 11.7 Å². The summed E-state index contributed by atoms with van der Waals surface area (Å²) in [5.74, 6) is 0.223. The topological polar surface area (TPSA) is 99.7 Å². The number of nitriles is 1. The Morgan fingerprint density at radius 1 is 1.45 bits per heavy atom. The molecule has 0 aliphatic carbocycles. The van der Waals surface area contributed by atoms with Crippen LogP contribution in [0.5, 0.6) is 0 Å². The molecule has 29 heavy (non-hydrogen) atoms. The third-order valence-corrected chi connectivity index (χ3v) is 4.88. The maximum Gasteiger partial charge on any atom is 0.410 e. The van der Waals surface area contributed by atoms with Gasteiger partial charge in [0.25, 0.3) is 5.69 Å². The molecule has 1 aromatic rings. The fourth-order valence-electron chi connectivity index (χ4n) is 3.53. The normalized spacial score (nSPS) is 17.0. The van der Waals surface area contributed by atoms with Crippen molar-refractivity contribution in [1.82, 2.24) is 4.90 Å². The molecule has 1 amide bonds. The monoisotopic (exact) mass is 402 g/mol. The van der Waals surface area contributed by atoms with Gasteiger partial charge in [-0.15, -0.1) is 0 Å². The second kappa shape index (κ2) is 9.12. The quantitative estimate of drug-likeness (QED) is 0.537. The van der Waals surface area contributed by atoms with Crippen LogP contribution in [0, 0.1) is 27.4 Å². The highest BCUT2D eigenvalue weighted by Crippen LogP contribution is 2.29. The van der Waals surface area contributed by atoms with E-state index in [9.17, 15) is 20.2 Å².